The number of halogens is 2. The number of rotatable bonds is 6. The van der Waals surface area contributed by atoms with E-state index in [1.807, 2.05) is 18.2 Å². The van der Waals surface area contributed by atoms with Crippen molar-refractivity contribution in [2.45, 2.75) is 12.8 Å². The third-order valence-corrected chi connectivity index (χ3v) is 5.73. The molecule has 3 aromatic rings. The standard InChI is InChI=1S/C17H14Cl2N2O4S/c18-14-15-12(26-16(14)19)7-10(21(15)17(20)24)6-5-9-3-1-2-4-11(9)25-8-13(22)23/h1-4,7H,5-6,8H2,(H2,20,24)(H,22,23). The fourth-order valence-corrected chi connectivity index (χ4v) is 4.31. The molecule has 0 unspecified atom stereocenters. The Morgan fingerprint density at radius 3 is 2.65 bits per heavy atom. The maximum Gasteiger partial charge on any atom is 0.341 e. The molecule has 0 atom stereocenters. The second kappa shape index (κ2) is 7.57. The van der Waals surface area contributed by atoms with Crippen LogP contribution in [0.5, 0.6) is 5.75 Å². The Labute approximate surface area is 162 Å². The molecule has 3 N–H and O–H groups in total. The van der Waals surface area contributed by atoms with Gasteiger partial charge >= 0.3 is 12.0 Å². The van der Waals surface area contributed by atoms with Gasteiger partial charge in [0.1, 0.15) is 10.1 Å². The van der Waals surface area contributed by atoms with Crippen LogP contribution < -0.4 is 10.5 Å². The van der Waals surface area contributed by atoms with Crippen molar-refractivity contribution in [1.29, 1.82) is 0 Å². The second-order valence-electron chi connectivity index (χ2n) is 5.50. The van der Waals surface area contributed by atoms with Gasteiger partial charge in [0.05, 0.1) is 15.2 Å². The topological polar surface area (TPSA) is 94.5 Å². The average molecular weight is 413 g/mol. The molecule has 1 aromatic carbocycles. The van der Waals surface area contributed by atoms with Gasteiger partial charge in [-0.2, -0.15) is 0 Å². The number of aromatic nitrogens is 1. The third kappa shape index (κ3) is 3.65. The van der Waals surface area contributed by atoms with Gasteiger partial charge in [0.2, 0.25) is 0 Å². The summed E-state index contributed by atoms with van der Waals surface area (Å²) < 4.78 is 7.86. The van der Waals surface area contributed by atoms with Crippen LogP contribution in [0.4, 0.5) is 4.79 Å². The maximum atomic E-state index is 11.9. The number of carboxylic acids is 1. The molecule has 136 valence electrons. The first-order valence-corrected chi connectivity index (χ1v) is 9.16. The lowest BCUT2D eigenvalue weighted by molar-refractivity contribution is -0.139. The minimum absolute atomic E-state index is 0.307. The molecule has 0 aliphatic carbocycles. The number of benzene rings is 1. The lowest BCUT2D eigenvalue weighted by Gasteiger charge is -2.11. The van der Waals surface area contributed by atoms with E-state index in [4.69, 9.17) is 38.8 Å². The van der Waals surface area contributed by atoms with Gasteiger partial charge in [-0.25, -0.2) is 9.59 Å². The Morgan fingerprint density at radius 2 is 1.96 bits per heavy atom. The molecule has 26 heavy (non-hydrogen) atoms. The molecule has 0 saturated carbocycles. The summed E-state index contributed by atoms with van der Waals surface area (Å²) in [5, 5.41) is 9.08. The van der Waals surface area contributed by atoms with Crippen molar-refractivity contribution in [2.24, 2.45) is 5.73 Å². The summed E-state index contributed by atoms with van der Waals surface area (Å²) in [5.74, 6) is -0.552. The van der Waals surface area contributed by atoms with E-state index in [-0.39, 0.29) is 0 Å². The van der Waals surface area contributed by atoms with E-state index < -0.39 is 18.6 Å². The van der Waals surface area contributed by atoms with Crippen molar-refractivity contribution >= 4 is 56.8 Å². The van der Waals surface area contributed by atoms with Crippen molar-refractivity contribution < 1.29 is 19.4 Å². The molecule has 0 saturated heterocycles. The number of thiophene rings is 1. The van der Waals surface area contributed by atoms with Crippen LogP contribution in [0.3, 0.4) is 0 Å². The average Bonchev–Trinajstić information content (AvgIpc) is 3.08. The predicted molar refractivity (Wildman–Crippen MR) is 102 cm³/mol. The third-order valence-electron chi connectivity index (χ3n) is 3.82. The summed E-state index contributed by atoms with van der Waals surface area (Å²) in [4.78, 5) is 22.6. The fourth-order valence-electron chi connectivity index (χ4n) is 2.75. The van der Waals surface area contributed by atoms with Crippen LogP contribution in [0.25, 0.3) is 10.2 Å². The van der Waals surface area contributed by atoms with Gasteiger partial charge in [0.15, 0.2) is 6.61 Å². The highest BCUT2D eigenvalue weighted by atomic mass is 35.5. The molecule has 0 spiro atoms. The summed E-state index contributed by atoms with van der Waals surface area (Å²) in [6, 6.07) is 8.36. The van der Waals surface area contributed by atoms with Crippen LogP contribution in [0.15, 0.2) is 30.3 Å². The van der Waals surface area contributed by atoms with Crippen molar-refractivity contribution in [3.05, 3.63) is 50.9 Å². The molecule has 0 bridgehead atoms. The minimum Gasteiger partial charge on any atom is -0.482 e. The number of para-hydroxylation sites is 1. The highest BCUT2D eigenvalue weighted by Crippen LogP contribution is 2.40. The highest BCUT2D eigenvalue weighted by molar-refractivity contribution is 7.23. The maximum absolute atomic E-state index is 11.9. The van der Waals surface area contributed by atoms with Gasteiger partial charge in [-0.05, 0) is 30.5 Å². The smallest absolute Gasteiger partial charge is 0.341 e. The van der Waals surface area contributed by atoms with E-state index in [0.717, 1.165) is 10.3 Å². The van der Waals surface area contributed by atoms with Gasteiger partial charge in [0.25, 0.3) is 0 Å². The zero-order chi connectivity index (χ0) is 18.8. The number of hydrogen-bond donors (Lipinski definition) is 2. The zero-order valence-corrected chi connectivity index (χ0v) is 15.7. The number of aliphatic carboxylic acids is 1. The van der Waals surface area contributed by atoms with E-state index in [1.165, 1.54) is 15.9 Å². The number of carboxylic acid groups (broad SMARTS) is 1. The highest BCUT2D eigenvalue weighted by Gasteiger charge is 2.20. The quantitative estimate of drug-likeness (QED) is 0.634. The summed E-state index contributed by atoms with van der Waals surface area (Å²) in [6.07, 6.45) is 1.03. The largest absolute Gasteiger partial charge is 0.482 e. The van der Waals surface area contributed by atoms with E-state index in [2.05, 4.69) is 0 Å². The number of ether oxygens (including phenoxy) is 1. The number of primary amides is 1. The minimum atomic E-state index is -1.05. The number of fused-ring (bicyclic) bond motifs is 1. The Bertz CT molecular complexity index is 996. The van der Waals surface area contributed by atoms with Crippen LogP contribution >= 0.6 is 34.5 Å². The second-order valence-corrected chi connectivity index (χ2v) is 7.53. The number of carbonyl (C=O) groups excluding carboxylic acids is 1. The van der Waals surface area contributed by atoms with Crippen molar-refractivity contribution in [3.63, 3.8) is 0 Å². The van der Waals surface area contributed by atoms with Gasteiger partial charge in [-0.15, -0.1) is 11.3 Å². The first kappa shape index (κ1) is 18.6. The van der Waals surface area contributed by atoms with Crippen molar-refractivity contribution in [1.82, 2.24) is 4.57 Å². The molecule has 3 rings (SSSR count). The monoisotopic (exact) mass is 412 g/mol. The number of aryl methyl sites for hydroxylation is 2. The molecule has 0 radical (unpaired) electrons. The van der Waals surface area contributed by atoms with E-state index in [0.29, 0.717) is 39.2 Å². The molecule has 0 fully saturated rings. The Morgan fingerprint density at radius 1 is 1.23 bits per heavy atom. The number of carbonyl (C=O) groups is 2. The van der Waals surface area contributed by atoms with Crippen LogP contribution in [-0.4, -0.2) is 28.3 Å². The summed E-state index contributed by atoms with van der Waals surface area (Å²) >= 11 is 13.5. The van der Waals surface area contributed by atoms with E-state index >= 15 is 0 Å². The van der Waals surface area contributed by atoms with E-state index in [1.54, 1.807) is 12.1 Å². The lowest BCUT2D eigenvalue weighted by atomic mass is 10.1. The van der Waals surface area contributed by atoms with Crippen LogP contribution in [-0.2, 0) is 17.6 Å². The van der Waals surface area contributed by atoms with Gasteiger partial charge in [0, 0.05) is 5.69 Å². The normalized spacial score (nSPS) is 11.0. The predicted octanol–water partition coefficient (Wildman–Crippen LogP) is 4.19. The SMILES string of the molecule is NC(=O)n1c(CCc2ccccc2OCC(=O)O)cc2sc(Cl)c(Cl)c21. The number of amides is 1. The van der Waals surface area contributed by atoms with Gasteiger partial charge in [-0.1, -0.05) is 41.4 Å². The lowest BCUT2D eigenvalue weighted by Crippen LogP contribution is -2.21. The molecule has 2 aromatic heterocycles. The number of hydrogen-bond acceptors (Lipinski definition) is 4. The van der Waals surface area contributed by atoms with Crippen molar-refractivity contribution in [3.8, 4) is 5.75 Å². The Kier molecular flexibility index (Phi) is 5.41. The first-order valence-electron chi connectivity index (χ1n) is 7.59. The number of nitrogens with two attached hydrogens (primary N) is 1. The van der Waals surface area contributed by atoms with Crippen LogP contribution in [0.2, 0.25) is 9.36 Å². The van der Waals surface area contributed by atoms with Gasteiger partial charge < -0.3 is 15.6 Å². The molecule has 9 heteroatoms. The fraction of sp³-hybridized carbons (Fsp3) is 0.176. The Hall–Kier alpha value is -2.22. The summed E-state index contributed by atoms with van der Waals surface area (Å²) in [7, 11) is 0. The molecule has 6 nitrogen and oxygen atoms in total. The molecule has 0 aliphatic rings. The summed E-state index contributed by atoms with van der Waals surface area (Å²) in [6.45, 7) is -0.418. The van der Waals surface area contributed by atoms with Crippen molar-refractivity contribution in [2.75, 3.05) is 6.61 Å². The molecular formula is C17H14Cl2N2O4S. The van der Waals surface area contributed by atoms with Crippen LogP contribution in [0, 0.1) is 0 Å². The van der Waals surface area contributed by atoms with Crippen LogP contribution in [0.1, 0.15) is 11.3 Å². The zero-order valence-electron chi connectivity index (χ0n) is 13.4. The number of nitrogens with zero attached hydrogens (tertiary/aromatic N) is 1. The van der Waals surface area contributed by atoms with Gasteiger partial charge in [-0.3, -0.25) is 4.57 Å². The molecular weight excluding hydrogens is 399 g/mol. The Balaban J connectivity index is 1.88. The first-order chi connectivity index (χ1) is 12.4. The molecule has 2 heterocycles. The molecule has 1 amide bonds. The molecule has 0 aliphatic heterocycles. The van der Waals surface area contributed by atoms with E-state index in [9.17, 15) is 9.59 Å². The summed E-state index contributed by atoms with van der Waals surface area (Å²) in [5.41, 5.74) is 7.56.